The molecule has 0 bridgehead atoms. The molecule has 7 nitrogen and oxygen atoms in total. The highest BCUT2D eigenvalue weighted by Gasteiger charge is 2.53. The Labute approximate surface area is 227 Å². The summed E-state index contributed by atoms with van der Waals surface area (Å²) < 4.78 is 68.7. The molecule has 0 saturated heterocycles. The van der Waals surface area contributed by atoms with Crippen LogP contribution in [0.4, 0.5) is 17.6 Å². The van der Waals surface area contributed by atoms with Crippen molar-refractivity contribution in [2.45, 2.75) is 63.0 Å². The van der Waals surface area contributed by atoms with E-state index in [1.54, 1.807) is 24.3 Å². The molecule has 0 radical (unpaired) electrons. The van der Waals surface area contributed by atoms with E-state index in [4.69, 9.17) is 9.15 Å². The first-order valence-corrected chi connectivity index (χ1v) is 12.8. The van der Waals surface area contributed by atoms with Crippen LogP contribution in [-0.2, 0) is 4.79 Å². The van der Waals surface area contributed by atoms with Gasteiger partial charge in [0.05, 0.1) is 24.1 Å². The Hall–Kier alpha value is -4.07. The minimum absolute atomic E-state index is 0.0938. The van der Waals surface area contributed by atoms with Crippen LogP contribution in [0.5, 0.6) is 11.5 Å². The Morgan fingerprint density at radius 3 is 2.30 bits per heavy atom. The van der Waals surface area contributed by atoms with Gasteiger partial charge in [-0.2, -0.15) is 14.0 Å². The molecular weight excluding hydrogens is 532 g/mol. The number of alkyl halides is 4. The van der Waals surface area contributed by atoms with Gasteiger partial charge in [-0.1, -0.05) is 18.2 Å². The maximum Gasteiger partial charge on any atom is 0.387 e. The topological polar surface area (TPSA) is 102 Å². The fourth-order valence-electron chi connectivity index (χ4n) is 5.11. The van der Waals surface area contributed by atoms with Gasteiger partial charge in [0.1, 0.15) is 5.58 Å². The molecule has 1 N–H and O–H groups in total. The van der Waals surface area contributed by atoms with E-state index < -0.39 is 48.0 Å². The van der Waals surface area contributed by atoms with Gasteiger partial charge in [0.15, 0.2) is 23.0 Å². The first kappa shape index (κ1) is 27.5. The number of carbonyl (C=O) groups is 2. The van der Waals surface area contributed by atoms with Crippen molar-refractivity contribution in [3.8, 4) is 28.7 Å². The number of halogens is 4. The summed E-state index contributed by atoms with van der Waals surface area (Å²) in [6.07, 6.45) is -0.528. The molecule has 2 aromatic carbocycles. The van der Waals surface area contributed by atoms with Gasteiger partial charge in [-0.15, -0.1) is 0 Å². The van der Waals surface area contributed by atoms with E-state index in [-0.39, 0.29) is 36.5 Å². The van der Waals surface area contributed by atoms with Crippen molar-refractivity contribution in [3.63, 3.8) is 0 Å². The second kappa shape index (κ2) is 10.2. The number of fused-ring (bicyclic) bond motifs is 1. The molecule has 1 heterocycles. The molecule has 2 aliphatic carbocycles. The molecule has 40 heavy (non-hydrogen) atoms. The lowest BCUT2D eigenvalue weighted by atomic mass is 9.74. The summed E-state index contributed by atoms with van der Waals surface area (Å²) in [6.45, 7) is -3.01. The summed E-state index contributed by atoms with van der Waals surface area (Å²) >= 11 is 0. The molecule has 0 aliphatic heterocycles. The molecule has 1 aromatic heterocycles. The average Bonchev–Trinajstić information content (AvgIpc) is 3.56. The summed E-state index contributed by atoms with van der Waals surface area (Å²) in [4.78, 5) is 26.6. The SMILES string of the molecule is COc1cc(-c2ccc3cc(C(=O)NC4(C(=O)CC5(C#N)CC5)CCC(F)(F)CC4)oc3c2)ccc1OC(F)F. The Morgan fingerprint density at radius 2 is 1.68 bits per heavy atom. The van der Waals surface area contributed by atoms with Crippen molar-refractivity contribution in [1.82, 2.24) is 5.32 Å². The van der Waals surface area contributed by atoms with Crippen LogP contribution in [0.15, 0.2) is 46.9 Å². The van der Waals surface area contributed by atoms with Gasteiger partial charge in [0.25, 0.3) is 5.91 Å². The van der Waals surface area contributed by atoms with E-state index in [0.717, 1.165) is 0 Å². The quantitative estimate of drug-likeness (QED) is 0.295. The van der Waals surface area contributed by atoms with Crippen LogP contribution in [-0.4, -0.2) is 36.9 Å². The van der Waals surface area contributed by atoms with Gasteiger partial charge in [-0.25, -0.2) is 8.78 Å². The van der Waals surface area contributed by atoms with E-state index in [1.165, 1.54) is 25.3 Å². The number of ether oxygens (including phenoxy) is 2. The second-order valence-corrected chi connectivity index (χ2v) is 10.5. The summed E-state index contributed by atoms with van der Waals surface area (Å²) in [7, 11) is 1.33. The lowest BCUT2D eigenvalue weighted by molar-refractivity contribution is -0.131. The first-order chi connectivity index (χ1) is 19.0. The van der Waals surface area contributed by atoms with Crippen LogP contribution in [0.2, 0.25) is 0 Å². The van der Waals surface area contributed by atoms with Crippen LogP contribution in [0.1, 0.15) is 55.5 Å². The number of furan rings is 1. The number of methoxy groups -OCH3 is 1. The zero-order chi connectivity index (χ0) is 28.7. The number of nitrogens with zero attached hydrogens (tertiary/aromatic N) is 1. The number of hydrogen-bond donors (Lipinski definition) is 1. The Kier molecular flexibility index (Phi) is 6.98. The Bertz CT molecular complexity index is 1500. The monoisotopic (exact) mass is 558 g/mol. The van der Waals surface area contributed by atoms with Crippen molar-refractivity contribution in [2.75, 3.05) is 7.11 Å². The van der Waals surface area contributed by atoms with Crippen molar-refractivity contribution in [2.24, 2.45) is 5.41 Å². The third-order valence-electron chi connectivity index (χ3n) is 7.77. The van der Waals surface area contributed by atoms with Crippen LogP contribution in [0.3, 0.4) is 0 Å². The van der Waals surface area contributed by atoms with Gasteiger partial charge in [-0.05, 0) is 61.1 Å². The summed E-state index contributed by atoms with van der Waals surface area (Å²) in [5.74, 6) is -4.17. The van der Waals surface area contributed by atoms with Crippen LogP contribution in [0, 0.1) is 16.7 Å². The molecule has 11 heteroatoms. The number of carbonyl (C=O) groups excluding carboxylic acids is 2. The fourth-order valence-corrected chi connectivity index (χ4v) is 5.11. The highest BCUT2D eigenvalue weighted by Crippen LogP contribution is 2.50. The molecule has 0 atom stereocenters. The molecule has 3 aromatic rings. The minimum Gasteiger partial charge on any atom is -0.493 e. The summed E-state index contributed by atoms with van der Waals surface area (Å²) in [6, 6.07) is 13.2. The van der Waals surface area contributed by atoms with Gasteiger partial charge >= 0.3 is 6.61 Å². The van der Waals surface area contributed by atoms with Gasteiger partial charge in [-0.3, -0.25) is 9.59 Å². The van der Waals surface area contributed by atoms with E-state index in [9.17, 15) is 32.4 Å². The molecule has 1 amide bonds. The predicted octanol–water partition coefficient (Wildman–Crippen LogP) is 6.65. The highest BCUT2D eigenvalue weighted by molar-refractivity contribution is 6.01. The van der Waals surface area contributed by atoms with E-state index in [1.807, 2.05) is 0 Å². The van der Waals surface area contributed by atoms with Crippen LogP contribution >= 0.6 is 0 Å². The van der Waals surface area contributed by atoms with Crippen molar-refractivity contribution >= 4 is 22.7 Å². The number of benzene rings is 2. The van der Waals surface area contributed by atoms with Crippen molar-refractivity contribution in [3.05, 3.63) is 48.2 Å². The Balaban J connectivity index is 1.39. The molecular formula is C29H26F4N2O5. The second-order valence-electron chi connectivity index (χ2n) is 10.5. The third-order valence-corrected chi connectivity index (χ3v) is 7.77. The summed E-state index contributed by atoms with van der Waals surface area (Å²) in [5.41, 5.74) is -0.693. The van der Waals surface area contributed by atoms with Crippen molar-refractivity contribution in [1.29, 1.82) is 5.26 Å². The third kappa shape index (κ3) is 5.48. The van der Waals surface area contributed by atoms with E-state index in [0.29, 0.717) is 34.9 Å². The lowest BCUT2D eigenvalue weighted by Crippen LogP contribution is -2.58. The van der Waals surface area contributed by atoms with E-state index >= 15 is 0 Å². The maximum absolute atomic E-state index is 14.0. The molecule has 0 unspecified atom stereocenters. The lowest BCUT2D eigenvalue weighted by Gasteiger charge is -2.39. The number of amides is 1. The maximum atomic E-state index is 14.0. The average molecular weight is 559 g/mol. The van der Waals surface area contributed by atoms with Gasteiger partial charge in [0, 0.05) is 24.6 Å². The van der Waals surface area contributed by atoms with E-state index in [2.05, 4.69) is 16.1 Å². The minimum atomic E-state index is -3.01. The Morgan fingerprint density at radius 1 is 1.00 bits per heavy atom. The zero-order valence-electron chi connectivity index (χ0n) is 21.6. The number of nitriles is 1. The van der Waals surface area contributed by atoms with Crippen molar-refractivity contribution < 1.29 is 41.0 Å². The molecule has 2 saturated carbocycles. The molecule has 0 spiro atoms. The molecule has 2 aliphatic rings. The van der Waals surface area contributed by atoms with Gasteiger partial charge < -0.3 is 19.2 Å². The largest absolute Gasteiger partial charge is 0.493 e. The number of nitrogens with one attached hydrogen (secondary N) is 1. The zero-order valence-corrected chi connectivity index (χ0v) is 21.6. The molecule has 210 valence electrons. The number of Topliss-reactive ketones (excluding diaryl/α,β-unsaturated/α-hetero) is 1. The number of ketones is 1. The normalized spacial score (nSPS) is 18.6. The molecule has 2 fully saturated rings. The standard InChI is InChI=1S/C29H26F4N2O5/c1-38-22-13-18(4-5-20(22)40-26(30)31)17-2-3-19-14-23(39-21(19)12-17)25(37)35-28(8-10-29(32,33)11-9-28)24(36)15-27(16-34)6-7-27/h2-5,12-14,26H,6-11,15H2,1H3,(H,35,37). The van der Waals surface area contributed by atoms with Crippen LogP contribution < -0.4 is 14.8 Å². The smallest absolute Gasteiger partial charge is 0.387 e. The van der Waals surface area contributed by atoms with Gasteiger partial charge in [0.2, 0.25) is 5.92 Å². The first-order valence-electron chi connectivity index (χ1n) is 12.8. The van der Waals surface area contributed by atoms with Crippen LogP contribution in [0.25, 0.3) is 22.1 Å². The number of rotatable bonds is 9. The highest BCUT2D eigenvalue weighted by atomic mass is 19.3. The molecule has 5 rings (SSSR count). The summed E-state index contributed by atoms with van der Waals surface area (Å²) in [5, 5.41) is 12.7. The predicted molar refractivity (Wildman–Crippen MR) is 135 cm³/mol. The fraction of sp³-hybridized carbons (Fsp3) is 0.414. The number of hydrogen-bond acceptors (Lipinski definition) is 6.